The zero-order valence-electron chi connectivity index (χ0n) is 18.1. The van der Waals surface area contributed by atoms with Gasteiger partial charge in [0.25, 0.3) is 0 Å². The van der Waals surface area contributed by atoms with Crippen LogP contribution in [0.5, 0.6) is 0 Å². The van der Waals surface area contributed by atoms with Crippen LogP contribution in [0.15, 0.2) is 42.5 Å². The van der Waals surface area contributed by atoms with Gasteiger partial charge >= 0.3 is 0 Å². The first-order chi connectivity index (χ1) is 15.6. The van der Waals surface area contributed by atoms with Crippen LogP contribution in [0.25, 0.3) is 11.0 Å². The van der Waals surface area contributed by atoms with Gasteiger partial charge in [-0.05, 0) is 62.4 Å². The molecule has 32 heavy (non-hydrogen) atoms. The Kier molecular flexibility index (Phi) is 6.40. The molecule has 1 N–H and O–H groups in total. The summed E-state index contributed by atoms with van der Waals surface area (Å²) in [6.45, 7) is 3.73. The van der Waals surface area contributed by atoms with E-state index in [1.165, 1.54) is 5.56 Å². The summed E-state index contributed by atoms with van der Waals surface area (Å²) in [4.78, 5) is 25.6. The third-order valence-electron chi connectivity index (χ3n) is 6.93. The van der Waals surface area contributed by atoms with Crippen molar-refractivity contribution in [2.75, 3.05) is 26.2 Å². The van der Waals surface area contributed by atoms with E-state index in [4.69, 9.17) is 28.2 Å². The number of nitrogens with zero attached hydrogens (tertiary/aromatic N) is 3. The quantitative estimate of drug-likeness (QED) is 0.512. The predicted molar refractivity (Wildman–Crippen MR) is 129 cm³/mol. The van der Waals surface area contributed by atoms with Gasteiger partial charge in [-0.25, -0.2) is 4.98 Å². The standard InChI is InChI=1S/C25H28Cl2N4O/c26-19-15-21-22(16-20(19)27)29-25(28-21)23-7-4-11-31(23)24(32)10-14-30-12-8-18(9-13-30)17-5-2-1-3-6-17/h1-3,5-6,15-16,18,23H,4,7-14H2,(H,28,29)/t23-/m0/s1. The smallest absolute Gasteiger partial charge is 0.224 e. The highest BCUT2D eigenvalue weighted by molar-refractivity contribution is 6.42. The predicted octanol–water partition coefficient (Wildman–Crippen LogP) is 5.80. The molecule has 0 saturated carbocycles. The van der Waals surface area contributed by atoms with Crippen molar-refractivity contribution in [1.82, 2.24) is 19.8 Å². The van der Waals surface area contributed by atoms with Gasteiger partial charge in [-0.2, -0.15) is 0 Å². The number of nitrogens with one attached hydrogen (secondary N) is 1. The van der Waals surface area contributed by atoms with Gasteiger partial charge in [-0.1, -0.05) is 53.5 Å². The molecule has 1 atom stereocenters. The summed E-state index contributed by atoms with van der Waals surface area (Å²) >= 11 is 12.3. The fourth-order valence-electron chi connectivity index (χ4n) is 5.14. The minimum Gasteiger partial charge on any atom is -0.340 e. The maximum atomic E-state index is 13.1. The van der Waals surface area contributed by atoms with E-state index in [9.17, 15) is 4.79 Å². The summed E-state index contributed by atoms with van der Waals surface area (Å²) in [7, 11) is 0. The van der Waals surface area contributed by atoms with Crippen molar-refractivity contribution in [3.8, 4) is 0 Å². The highest BCUT2D eigenvalue weighted by atomic mass is 35.5. The van der Waals surface area contributed by atoms with Crippen molar-refractivity contribution < 1.29 is 4.79 Å². The number of carbonyl (C=O) groups excluding carboxylic acids is 1. The van der Waals surface area contributed by atoms with Crippen LogP contribution in [-0.4, -0.2) is 51.9 Å². The van der Waals surface area contributed by atoms with Crippen molar-refractivity contribution in [2.24, 2.45) is 0 Å². The summed E-state index contributed by atoms with van der Waals surface area (Å²) in [5.41, 5.74) is 3.08. The molecule has 2 aliphatic heterocycles. The Morgan fingerprint density at radius 2 is 1.78 bits per heavy atom. The largest absolute Gasteiger partial charge is 0.340 e. The average Bonchev–Trinajstić information content (AvgIpc) is 3.46. The van der Waals surface area contributed by atoms with Crippen molar-refractivity contribution in [3.63, 3.8) is 0 Å². The fraction of sp³-hybridized carbons (Fsp3) is 0.440. The Morgan fingerprint density at radius 1 is 1.03 bits per heavy atom. The number of aromatic nitrogens is 2. The van der Waals surface area contributed by atoms with E-state index >= 15 is 0 Å². The van der Waals surface area contributed by atoms with Crippen LogP contribution in [0.1, 0.15) is 55.5 Å². The van der Waals surface area contributed by atoms with Crippen LogP contribution in [-0.2, 0) is 4.79 Å². The highest BCUT2D eigenvalue weighted by Gasteiger charge is 2.32. The zero-order valence-corrected chi connectivity index (χ0v) is 19.6. The maximum absolute atomic E-state index is 13.1. The first-order valence-corrected chi connectivity index (χ1v) is 12.3. The summed E-state index contributed by atoms with van der Waals surface area (Å²) in [5, 5.41) is 0.998. The van der Waals surface area contributed by atoms with Gasteiger partial charge < -0.3 is 14.8 Å². The van der Waals surface area contributed by atoms with Crippen LogP contribution in [0.2, 0.25) is 10.0 Å². The number of H-pyrrole nitrogens is 1. The topological polar surface area (TPSA) is 52.2 Å². The van der Waals surface area contributed by atoms with E-state index in [1.54, 1.807) is 12.1 Å². The average molecular weight is 471 g/mol. The van der Waals surface area contributed by atoms with Crippen LogP contribution < -0.4 is 0 Å². The van der Waals surface area contributed by atoms with Gasteiger partial charge in [0, 0.05) is 19.5 Å². The summed E-state index contributed by atoms with van der Waals surface area (Å²) in [6.07, 6.45) is 4.81. The first kappa shape index (κ1) is 21.7. The number of benzene rings is 2. The van der Waals surface area contributed by atoms with Crippen LogP contribution in [0.4, 0.5) is 0 Å². The number of amides is 1. The number of halogens is 2. The lowest BCUT2D eigenvalue weighted by Gasteiger charge is -2.32. The van der Waals surface area contributed by atoms with Gasteiger partial charge in [0.2, 0.25) is 5.91 Å². The van der Waals surface area contributed by atoms with Crippen molar-refractivity contribution in [2.45, 2.75) is 44.1 Å². The molecule has 7 heteroatoms. The molecule has 5 rings (SSSR count). The van der Waals surface area contributed by atoms with Gasteiger partial charge in [0.05, 0.1) is 27.1 Å². The lowest BCUT2D eigenvalue weighted by molar-refractivity contribution is -0.132. The number of imidazole rings is 1. The Bertz CT molecular complexity index is 1050. The number of rotatable bonds is 5. The molecule has 2 fully saturated rings. The normalized spacial score (nSPS) is 20.3. The Morgan fingerprint density at radius 3 is 2.56 bits per heavy atom. The van der Waals surface area contributed by atoms with E-state index in [-0.39, 0.29) is 11.9 Å². The highest BCUT2D eigenvalue weighted by Crippen LogP contribution is 2.34. The number of hydrogen-bond acceptors (Lipinski definition) is 3. The fourth-order valence-corrected chi connectivity index (χ4v) is 5.47. The van der Waals surface area contributed by atoms with Gasteiger partial charge in [0.1, 0.15) is 5.82 Å². The van der Waals surface area contributed by atoms with Crippen molar-refractivity contribution in [1.29, 1.82) is 0 Å². The number of hydrogen-bond donors (Lipinski definition) is 1. The molecular formula is C25H28Cl2N4O. The first-order valence-electron chi connectivity index (χ1n) is 11.5. The molecule has 2 aliphatic rings. The van der Waals surface area contributed by atoms with E-state index in [0.29, 0.717) is 22.4 Å². The zero-order chi connectivity index (χ0) is 22.1. The molecule has 0 bridgehead atoms. The number of piperidine rings is 1. The molecule has 3 aromatic rings. The Hall–Kier alpha value is -2.08. The molecule has 0 unspecified atom stereocenters. The summed E-state index contributed by atoms with van der Waals surface area (Å²) in [5.74, 6) is 1.68. The van der Waals surface area contributed by atoms with E-state index in [2.05, 4.69) is 40.2 Å². The Labute approximate surface area is 198 Å². The second kappa shape index (κ2) is 9.42. The molecule has 0 aliphatic carbocycles. The monoisotopic (exact) mass is 470 g/mol. The van der Waals surface area contributed by atoms with Gasteiger partial charge in [-0.15, -0.1) is 0 Å². The summed E-state index contributed by atoms with van der Waals surface area (Å²) in [6, 6.07) is 14.4. The molecule has 1 aromatic heterocycles. The molecule has 2 aromatic carbocycles. The number of carbonyl (C=O) groups is 1. The van der Waals surface area contributed by atoms with Crippen LogP contribution >= 0.6 is 23.2 Å². The summed E-state index contributed by atoms with van der Waals surface area (Å²) < 4.78 is 0. The Balaban J connectivity index is 1.18. The SMILES string of the molecule is O=C(CCN1CCC(c2ccccc2)CC1)N1CCC[C@H]1c1nc2cc(Cl)c(Cl)cc2[nH]1. The van der Waals surface area contributed by atoms with E-state index in [1.807, 2.05) is 4.90 Å². The second-order valence-corrected chi connectivity index (χ2v) is 9.74. The molecule has 0 radical (unpaired) electrons. The molecular weight excluding hydrogens is 443 g/mol. The van der Waals surface area contributed by atoms with Crippen molar-refractivity contribution in [3.05, 3.63) is 63.9 Å². The lowest BCUT2D eigenvalue weighted by Crippen LogP contribution is -2.37. The molecule has 5 nitrogen and oxygen atoms in total. The minimum absolute atomic E-state index is 0.00346. The molecule has 168 valence electrons. The number of likely N-dealkylation sites (tertiary alicyclic amines) is 2. The number of fused-ring (bicyclic) bond motifs is 1. The second-order valence-electron chi connectivity index (χ2n) is 8.93. The lowest BCUT2D eigenvalue weighted by atomic mass is 9.89. The van der Waals surface area contributed by atoms with Crippen LogP contribution in [0.3, 0.4) is 0 Å². The third-order valence-corrected chi connectivity index (χ3v) is 7.65. The van der Waals surface area contributed by atoms with E-state index < -0.39 is 0 Å². The van der Waals surface area contributed by atoms with Gasteiger partial charge in [-0.3, -0.25) is 4.79 Å². The number of aromatic amines is 1. The molecule has 0 spiro atoms. The molecule has 3 heterocycles. The minimum atomic E-state index is -0.00346. The maximum Gasteiger partial charge on any atom is 0.224 e. The van der Waals surface area contributed by atoms with Gasteiger partial charge in [0.15, 0.2) is 0 Å². The van der Waals surface area contributed by atoms with Crippen LogP contribution in [0, 0.1) is 0 Å². The van der Waals surface area contributed by atoms with Crippen molar-refractivity contribution >= 4 is 40.1 Å². The molecule has 1 amide bonds. The van der Waals surface area contributed by atoms with E-state index in [0.717, 1.165) is 68.7 Å². The third kappa shape index (κ3) is 4.52. The molecule has 2 saturated heterocycles.